The summed E-state index contributed by atoms with van der Waals surface area (Å²) in [7, 11) is 0. The lowest BCUT2D eigenvalue weighted by Gasteiger charge is -2.35. The lowest BCUT2D eigenvalue weighted by atomic mass is 10.1. The molecule has 2 aliphatic rings. The zero-order chi connectivity index (χ0) is 18.5. The molecule has 2 amide bonds. The van der Waals surface area contributed by atoms with Crippen LogP contribution in [0.2, 0.25) is 0 Å². The smallest absolute Gasteiger partial charge is 0.254 e. The minimum Gasteiger partial charge on any atom is -0.342 e. The Labute approximate surface area is 152 Å². The summed E-state index contributed by atoms with van der Waals surface area (Å²) in [6.45, 7) is 4.11. The van der Waals surface area contributed by atoms with E-state index in [-0.39, 0.29) is 17.4 Å². The van der Waals surface area contributed by atoms with Gasteiger partial charge in [0.15, 0.2) is 0 Å². The maximum absolute atomic E-state index is 13.3. The largest absolute Gasteiger partial charge is 0.342 e. The first kappa shape index (κ1) is 18.8. The second kappa shape index (κ2) is 8.58. The predicted octanol–water partition coefficient (Wildman–Crippen LogP) is 2.13. The maximum Gasteiger partial charge on any atom is 0.254 e. The molecule has 2 aliphatic heterocycles. The molecule has 1 aromatic carbocycles. The molecule has 3 rings (SSSR count). The highest BCUT2D eigenvalue weighted by atomic mass is 19.1. The summed E-state index contributed by atoms with van der Waals surface area (Å²) < 4.78 is 26.6. The van der Waals surface area contributed by atoms with Crippen molar-refractivity contribution in [2.45, 2.75) is 25.7 Å². The van der Waals surface area contributed by atoms with Gasteiger partial charge < -0.3 is 9.80 Å². The maximum atomic E-state index is 13.3. The van der Waals surface area contributed by atoms with Crippen LogP contribution in [0.3, 0.4) is 0 Å². The SMILES string of the molecule is O=C(CN1CCN(C(=O)c2cc(F)cc(F)c2)CC1)N1CCCCCC1. The topological polar surface area (TPSA) is 43.9 Å². The molecule has 0 N–H and O–H groups in total. The number of hydrogen-bond donors (Lipinski definition) is 0. The number of piperazine rings is 1. The van der Waals surface area contributed by atoms with Gasteiger partial charge in [-0.2, -0.15) is 0 Å². The van der Waals surface area contributed by atoms with E-state index in [0.717, 1.165) is 44.1 Å². The highest BCUT2D eigenvalue weighted by Gasteiger charge is 2.25. The van der Waals surface area contributed by atoms with E-state index in [1.165, 1.54) is 12.8 Å². The Morgan fingerprint density at radius 2 is 1.35 bits per heavy atom. The Kier molecular flexibility index (Phi) is 6.19. The first-order valence-electron chi connectivity index (χ1n) is 9.28. The fraction of sp³-hybridized carbons (Fsp3) is 0.579. The second-order valence-corrected chi connectivity index (χ2v) is 7.02. The third-order valence-electron chi connectivity index (χ3n) is 5.09. The summed E-state index contributed by atoms with van der Waals surface area (Å²) in [5.41, 5.74) is 0.0246. The second-order valence-electron chi connectivity index (χ2n) is 7.02. The van der Waals surface area contributed by atoms with E-state index in [0.29, 0.717) is 32.7 Å². The van der Waals surface area contributed by atoms with Crippen LogP contribution in [-0.2, 0) is 4.79 Å². The third-order valence-corrected chi connectivity index (χ3v) is 5.09. The van der Waals surface area contributed by atoms with Crippen LogP contribution in [0.4, 0.5) is 8.78 Å². The molecule has 0 aliphatic carbocycles. The monoisotopic (exact) mass is 365 g/mol. The molecule has 0 spiro atoms. The molecule has 2 fully saturated rings. The van der Waals surface area contributed by atoms with Crippen LogP contribution in [0, 0.1) is 11.6 Å². The molecule has 7 heteroatoms. The number of rotatable bonds is 3. The molecule has 26 heavy (non-hydrogen) atoms. The number of nitrogens with zero attached hydrogens (tertiary/aromatic N) is 3. The van der Waals surface area contributed by atoms with Crippen molar-refractivity contribution in [2.24, 2.45) is 0 Å². The fourth-order valence-corrected chi connectivity index (χ4v) is 3.58. The first-order valence-corrected chi connectivity index (χ1v) is 9.28. The van der Waals surface area contributed by atoms with E-state index in [1.807, 2.05) is 9.80 Å². The van der Waals surface area contributed by atoms with E-state index in [2.05, 4.69) is 0 Å². The molecule has 5 nitrogen and oxygen atoms in total. The predicted molar refractivity (Wildman–Crippen MR) is 93.7 cm³/mol. The van der Waals surface area contributed by atoms with Crippen molar-refractivity contribution < 1.29 is 18.4 Å². The highest BCUT2D eigenvalue weighted by molar-refractivity contribution is 5.94. The van der Waals surface area contributed by atoms with Crippen molar-refractivity contribution in [3.05, 3.63) is 35.4 Å². The molecule has 0 aromatic heterocycles. The zero-order valence-corrected chi connectivity index (χ0v) is 14.9. The highest BCUT2D eigenvalue weighted by Crippen LogP contribution is 2.14. The van der Waals surface area contributed by atoms with Crippen molar-refractivity contribution in [2.75, 3.05) is 45.8 Å². The Hall–Kier alpha value is -2.02. The van der Waals surface area contributed by atoms with Crippen molar-refractivity contribution >= 4 is 11.8 Å². The van der Waals surface area contributed by atoms with Gasteiger partial charge in [-0.3, -0.25) is 14.5 Å². The summed E-state index contributed by atoms with van der Waals surface area (Å²) in [6, 6.07) is 2.87. The molecular weight excluding hydrogens is 340 g/mol. The molecule has 0 bridgehead atoms. The normalized spacial score (nSPS) is 19.3. The van der Waals surface area contributed by atoms with E-state index >= 15 is 0 Å². The van der Waals surface area contributed by atoms with Gasteiger partial charge in [-0.1, -0.05) is 12.8 Å². The summed E-state index contributed by atoms with van der Waals surface area (Å²) in [5.74, 6) is -1.73. The van der Waals surface area contributed by atoms with E-state index in [4.69, 9.17) is 0 Å². The summed E-state index contributed by atoms with van der Waals surface area (Å²) >= 11 is 0. The van der Waals surface area contributed by atoms with Crippen LogP contribution in [-0.4, -0.2) is 72.3 Å². The zero-order valence-electron chi connectivity index (χ0n) is 14.9. The van der Waals surface area contributed by atoms with Gasteiger partial charge in [0.25, 0.3) is 5.91 Å². The molecular formula is C19H25F2N3O2. The number of likely N-dealkylation sites (tertiary alicyclic amines) is 1. The fourth-order valence-electron chi connectivity index (χ4n) is 3.58. The molecule has 1 aromatic rings. The van der Waals surface area contributed by atoms with Gasteiger partial charge in [0.05, 0.1) is 6.54 Å². The van der Waals surface area contributed by atoms with Crippen LogP contribution in [0.15, 0.2) is 18.2 Å². The Morgan fingerprint density at radius 3 is 1.92 bits per heavy atom. The van der Waals surface area contributed by atoms with Crippen molar-refractivity contribution in [3.8, 4) is 0 Å². The number of benzene rings is 1. The molecule has 2 saturated heterocycles. The molecule has 142 valence electrons. The van der Waals surface area contributed by atoms with Crippen molar-refractivity contribution in [3.63, 3.8) is 0 Å². The van der Waals surface area contributed by atoms with Gasteiger partial charge in [-0.15, -0.1) is 0 Å². The molecule has 0 radical (unpaired) electrons. The van der Waals surface area contributed by atoms with E-state index in [9.17, 15) is 18.4 Å². The van der Waals surface area contributed by atoms with Gasteiger partial charge in [-0.05, 0) is 25.0 Å². The van der Waals surface area contributed by atoms with Crippen LogP contribution < -0.4 is 0 Å². The first-order chi connectivity index (χ1) is 12.5. The number of carbonyl (C=O) groups is 2. The van der Waals surface area contributed by atoms with E-state index < -0.39 is 11.6 Å². The van der Waals surface area contributed by atoms with Crippen LogP contribution in [0.5, 0.6) is 0 Å². The standard InChI is InChI=1S/C19H25F2N3O2/c20-16-11-15(12-17(21)13-16)19(26)24-9-7-22(8-10-24)14-18(25)23-5-3-1-2-4-6-23/h11-13H,1-10,14H2. The average Bonchev–Trinajstić information content (AvgIpc) is 2.90. The summed E-state index contributed by atoms with van der Waals surface area (Å²) in [5, 5.41) is 0. The van der Waals surface area contributed by atoms with Gasteiger partial charge in [0, 0.05) is 50.9 Å². The van der Waals surface area contributed by atoms with Gasteiger partial charge in [0.2, 0.25) is 5.91 Å². The van der Waals surface area contributed by atoms with Crippen molar-refractivity contribution in [1.29, 1.82) is 0 Å². The van der Waals surface area contributed by atoms with Crippen LogP contribution in [0.1, 0.15) is 36.0 Å². The van der Waals surface area contributed by atoms with Gasteiger partial charge in [0.1, 0.15) is 11.6 Å². The Bertz CT molecular complexity index is 632. The molecule has 0 unspecified atom stereocenters. The average molecular weight is 365 g/mol. The minimum absolute atomic E-state index is 0.0246. The molecule has 0 saturated carbocycles. The third kappa shape index (κ3) is 4.78. The summed E-state index contributed by atoms with van der Waals surface area (Å²) in [4.78, 5) is 30.4. The molecule has 2 heterocycles. The van der Waals surface area contributed by atoms with Crippen molar-refractivity contribution in [1.82, 2.24) is 14.7 Å². The van der Waals surface area contributed by atoms with Crippen LogP contribution >= 0.6 is 0 Å². The summed E-state index contributed by atoms with van der Waals surface area (Å²) in [6.07, 6.45) is 4.51. The van der Waals surface area contributed by atoms with E-state index in [1.54, 1.807) is 4.90 Å². The Balaban J connectivity index is 1.50. The lowest BCUT2D eigenvalue weighted by Crippen LogP contribution is -2.51. The number of amides is 2. The number of hydrogen-bond acceptors (Lipinski definition) is 3. The molecule has 0 atom stereocenters. The number of halogens is 2. The van der Waals surface area contributed by atoms with Gasteiger partial charge in [-0.25, -0.2) is 8.78 Å². The number of carbonyl (C=O) groups excluding carboxylic acids is 2. The quantitative estimate of drug-likeness (QED) is 0.824. The lowest BCUT2D eigenvalue weighted by molar-refractivity contribution is -0.132. The Morgan fingerprint density at radius 1 is 0.769 bits per heavy atom. The van der Waals surface area contributed by atoms with Gasteiger partial charge >= 0.3 is 0 Å². The van der Waals surface area contributed by atoms with Crippen LogP contribution in [0.25, 0.3) is 0 Å². The minimum atomic E-state index is -0.755.